The van der Waals surface area contributed by atoms with Crippen LogP contribution in [0.5, 0.6) is 0 Å². The topological polar surface area (TPSA) is 28.9 Å². The highest BCUT2D eigenvalue weighted by Gasteiger charge is 2.08. The summed E-state index contributed by atoms with van der Waals surface area (Å²) in [5.41, 5.74) is 0. The van der Waals surface area contributed by atoms with Crippen LogP contribution in [-0.2, 0) is 17.7 Å². The van der Waals surface area contributed by atoms with Gasteiger partial charge in [0.1, 0.15) is 18.9 Å². The number of nitrogens with one attached hydrogen (secondary N) is 1. The van der Waals surface area contributed by atoms with Gasteiger partial charge in [-0.3, -0.25) is 0 Å². The van der Waals surface area contributed by atoms with E-state index in [1.54, 1.807) is 0 Å². The molecule has 0 amide bonds. The molecule has 0 saturated heterocycles. The molecule has 0 atom stereocenters. The van der Waals surface area contributed by atoms with E-state index in [4.69, 9.17) is 4.74 Å². The molecule has 14 heavy (non-hydrogen) atoms. The molecule has 3 heteroatoms. The molecular formula is C11H21N2O+. The first-order valence-electron chi connectivity index (χ1n) is 5.52. The highest BCUT2D eigenvalue weighted by atomic mass is 16.5. The van der Waals surface area contributed by atoms with Crippen LogP contribution < -0.4 is 4.57 Å². The Labute approximate surface area is 86.1 Å². The van der Waals surface area contributed by atoms with Gasteiger partial charge in [0.05, 0.1) is 6.61 Å². The fourth-order valence-corrected chi connectivity index (χ4v) is 1.47. The van der Waals surface area contributed by atoms with Crippen LogP contribution in [0, 0.1) is 0 Å². The first-order valence-corrected chi connectivity index (χ1v) is 5.52. The largest absolute Gasteiger partial charge is 0.378 e. The van der Waals surface area contributed by atoms with E-state index in [0.29, 0.717) is 0 Å². The number of H-pyrrole nitrogens is 1. The second-order valence-corrected chi connectivity index (χ2v) is 3.40. The van der Waals surface area contributed by atoms with Gasteiger partial charge in [0.2, 0.25) is 0 Å². The van der Waals surface area contributed by atoms with Crippen LogP contribution in [0.25, 0.3) is 0 Å². The Balaban J connectivity index is 2.37. The summed E-state index contributed by atoms with van der Waals surface area (Å²) < 4.78 is 7.57. The molecule has 0 unspecified atom stereocenters. The van der Waals surface area contributed by atoms with Gasteiger partial charge in [-0.1, -0.05) is 13.3 Å². The number of hydrogen-bond donors (Lipinski definition) is 1. The first kappa shape index (κ1) is 11.2. The van der Waals surface area contributed by atoms with Crippen LogP contribution in [0.15, 0.2) is 12.4 Å². The van der Waals surface area contributed by atoms with Crippen LogP contribution in [0.3, 0.4) is 0 Å². The Morgan fingerprint density at radius 2 is 2.29 bits per heavy atom. The van der Waals surface area contributed by atoms with Gasteiger partial charge in [0.25, 0.3) is 5.82 Å². The zero-order valence-electron chi connectivity index (χ0n) is 9.25. The summed E-state index contributed by atoms with van der Waals surface area (Å²) in [6.45, 7) is 6.80. The average Bonchev–Trinajstić information content (AvgIpc) is 2.63. The first-order chi connectivity index (χ1) is 6.88. The Hall–Kier alpha value is -0.830. The second-order valence-electron chi connectivity index (χ2n) is 3.40. The molecule has 0 aliphatic carbocycles. The molecule has 0 aliphatic rings. The second kappa shape index (κ2) is 6.60. The Morgan fingerprint density at radius 3 is 3.00 bits per heavy atom. The van der Waals surface area contributed by atoms with Crippen molar-refractivity contribution in [1.82, 2.24) is 4.98 Å². The van der Waals surface area contributed by atoms with E-state index < -0.39 is 0 Å². The van der Waals surface area contributed by atoms with Crippen LogP contribution >= 0.6 is 0 Å². The molecule has 0 spiro atoms. The third-order valence-corrected chi connectivity index (χ3v) is 2.30. The fourth-order valence-electron chi connectivity index (χ4n) is 1.47. The minimum Gasteiger partial charge on any atom is -0.378 e. The molecule has 3 nitrogen and oxygen atoms in total. The van der Waals surface area contributed by atoms with Crippen LogP contribution in [0.2, 0.25) is 0 Å². The van der Waals surface area contributed by atoms with Crippen molar-refractivity contribution in [3.8, 4) is 0 Å². The summed E-state index contributed by atoms with van der Waals surface area (Å²) in [4.78, 5) is 3.27. The van der Waals surface area contributed by atoms with Gasteiger partial charge in [-0.05, 0) is 13.3 Å². The molecule has 0 radical (unpaired) electrons. The van der Waals surface area contributed by atoms with Crippen molar-refractivity contribution in [2.75, 3.05) is 13.2 Å². The van der Waals surface area contributed by atoms with E-state index in [0.717, 1.165) is 26.2 Å². The van der Waals surface area contributed by atoms with E-state index >= 15 is 0 Å². The molecule has 80 valence electrons. The Morgan fingerprint density at radius 1 is 1.43 bits per heavy atom. The molecule has 1 rings (SSSR count). The monoisotopic (exact) mass is 197 g/mol. The number of nitrogens with zero attached hydrogens (tertiary/aromatic N) is 1. The SMILES string of the molecule is CCCCc1[nH]cc[n+]1CCOCC. The molecule has 0 aliphatic heterocycles. The van der Waals surface area contributed by atoms with Crippen LogP contribution in [-0.4, -0.2) is 18.2 Å². The maximum Gasteiger partial charge on any atom is 0.254 e. The molecule has 0 saturated carbocycles. The molecule has 1 aromatic rings. The lowest BCUT2D eigenvalue weighted by Gasteiger charge is -2.00. The number of aromatic nitrogens is 2. The number of hydrogen-bond acceptors (Lipinski definition) is 1. The minimum absolute atomic E-state index is 0.801. The van der Waals surface area contributed by atoms with Crippen molar-refractivity contribution in [2.45, 2.75) is 39.7 Å². The zero-order valence-corrected chi connectivity index (χ0v) is 9.25. The third-order valence-electron chi connectivity index (χ3n) is 2.30. The standard InChI is InChI=1S/C11H20N2O/c1-3-5-6-11-12-7-8-13(11)9-10-14-4-2/h7-8H,3-6,9-10H2,1-2H3/p+1. The average molecular weight is 197 g/mol. The van der Waals surface area contributed by atoms with Gasteiger partial charge >= 0.3 is 0 Å². The van der Waals surface area contributed by atoms with Gasteiger partial charge in [-0.2, -0.15) is 0 Å². The number of unbranched alkanes of at least 4 members (excludes halogenated alkanes) is 1. The molecular weight excluding hydrogens is 176 g/mol. The quantitative estimate of drug-likeness (QED) is 0.523. The maximum atomic E-state index is 5.33. The van der Waals surface area contributed by atoms with Gasteiger partial charge < -0.3 is 4.74 Å². The van der Waals surface area contributed by atoms with E-state index in [1.807, 2.05) is 13.1 Å². The zero-order chi connectivity index (χ0) is 10.2. The normalized spacial score (nSPS) is 10.7. The van der Waals surface area contributed by atoms with E-state index in [1.165, 1.54) is 18.7 Å². The maximum absolute atomic E-state index is 5.33. The number of aromatic amines is 1. The van der Waals surface area contributed by atoms with Gasteiger partial charge in [-0.25, -0.2) is 9.55 Å². The van der Waals surface area contributed by atoms with E-state index in [2.05, 4.69) is 22.7 Å². The van der Waals surface area contributed by atoms with Crippen molar-refractivity contribution < 1.29 is 9.30 Å². The number of ether oxygens (including phenoxy) is 1. The van der Waals surface area contributed by atoms with Crippen molar-refractivity contribution in [1.29, 1.82) is 0 Å². The minimum atomic E-state index is 0.801. The number of rotatable bonds is 7. The molecule has 1 N–H and O–H groups in total. The predicted octanol–water partition coefficient (Wildman–Crippen LogP) is 1.68. The van der Waals surface area contributed by atoms with Crippen molar-refractivity contribution >= 4 is 0 Å². The fraction of sp³-hybridized carbons (Fsp3) is 0.727. The summed E-state index contributed by atoms with van der Waals surface area (Å²) in [6, 6.07) is 0. The summed E-state index contributed by atoms with van der Waals surface area (Å²) >= 11 is 0. The lowest BCUT2D eigenvalue weighted by atomic mass is 10.2. The van der Waals surface area contributed by atoms with Crippen molar-refractivity contribution in [3.63, 3.8) is 0 Å². The van der Waals surface area contributed by atoms with Gasteiger partial charge in [0, 0.05) is 13.0 Å². The predicted molar refractivity (Wildman–Crippen MR) is 56.1 cm³/mol. The van der Waals surface area contributed by atoms with Crippen LogP contribution in [0.1, 0.15) is 32.5 Å². The summed E-state index contributed by atoms with van der Waals surface area (Å²) in [6.07, 6.45) is 7.70. The van der Waals surface area contributed by atoms with Gasteiger partial charge in [0.15, 0.2) is 0 Å². The Bertz CT molecular complexity index is 245. The molecule has 0 aromatic carbocycles. The Kier molecular flexibility index (Phi) is 5.30. The third kappa shape index (κ3) is 3.50. The number of aryl methyl sites for hydroxylation is 1. The smallest absolute Gasteiger partial charge is 0.254 e. The highest BCUT2D eigenvalue weighted by molar-refractivity contribution is 4.77. The number of imidazole rings is 1. The van der Waals surface area contributed by atoms with Crippen molar-refractivity contribution in [2.24, 2.45) is 0 Å². The lowest BCUT2D eigenvalue weighted by Crippen LogP contribution is -2.38. The van der Waals surface area contributed by atoms with Gasteiger partial charge in [-0.15, -0.1) is 0 Å². The summed E-state index contributed by atoms with van der Waals surface area (Å²) in [7, 11) is 0. The summed E-state index contributed by atoms with van der Waals surface area (Å²) in [5, 5.41) is 0. The molecule has 1 heterocycles. The highest BCUT2D eigenvalue weighted by Crippen LogP contribution is 1.96. The summed E-state index contributed by atoms with van der Waals surface area (Å²) in [5.74, 6) is 1.31. The molecule has 1 aromatic heterocycles. The lowest BCUT2D eigenvalue weighted by molar-refractivity contribution is -0.704. The van der Waals surface area contributed by atoms with Crippen LogP contribution in [0.4, 0.5) is 0 Å². The van der Waals surface area contributed by atoms with E-state index in [-0.39, 0.29) is 0 Å². The molecule has 0 fully saturated rings. The van der Waals surface area contributed by atoms with E-state index in [9.17, 15) is 0 Å². The van der Waals surface area contributed by atoms with Crippen molar-refractivity contribution in [3.05, 3.63) is 18.2 Å². The molecule has 0 bridgehead atoms.